The van der Waals surface area contributed by atoms with Crippen molar-refractivity contribution in [1.29, 1.82) is 0 Å². The Morgan fingerprint density at radius 3 is 2.44 bits per heavy atom. The predicted octanol–water partition coefficient (Wildman–Crippen LogP) is 4.29. The van der Waals surface area contributed by atoms with Crippen LogP contribution < -0.4 is 0 Å². The van der Waals surface area contributed by atoms with E-state index in [-0.39, 0.29) is 5.60 Å². The van der Waals surface area contributed by atoms with Crippen molar-refractivity contribution in [1.82, 2.24) is 0 Å². The number of rotatable bonds is 5. The van der Waals surface area contributed by atoms with E-state index in [2.05, 4.69) is 6.92 Å². The molecule has 1 nitrogen and oxygen atoms in total. The molecule has 0 aliphatic heterocycles. The van der Waals surface area contributed by atoms with Crippen LogP contribution >= 0.6 is 0 Å². The minimum absolute atomic E-state index is 0.287. The second-order valence-corrected chi connectivity index (χ2v) is 6.29. The molecule has 0 heterocycles. The zero-order valence-electron chi connectivity index (χ0n) is 10.9. The quantitative estimate of drug-likeness (QED) is 0.691. The Labute approximate surface area is 101 Å². The third-order valence-electron chi connectivity index (χ3n) is 4.68. The Hall–Kier alpha value is -0.0400. The van der Waals surface area contributed by atoms with Gasteiger partial charge in [0, 0.05) is 0 Å². The highest BCUT2D eigenvalue weighted by atomic mass is 16.3. The molecule has 2 saturated carbocycles. The Balaban J connectivity index is 1.76. The van der Waals surface area contributed by atoms with Crippen LogP contribution in [0.5, 0.6) is 0 Å². The van der Waals surface area contributed by atoms with Gasteiger partial charge >= 0.3 is 0 Å². The molecule has 0 spiro atoms. The van der Waals surface area contributed by atoms with Crippen LogP contribution in [0, 0.1) is 11.8 Å². The normalized spacial score (nSPS) is 36.0. The van der Waals surface area contributed by atoms with E-state index in [1.165, 1.54) is 51.4 Å². The first-order chi connectivity index (χ1) is 7.72. The molecule has 2 rings (SSSR count). The molecule has 2 unspecified atom stereocenters. The summed E-state index contributed by atoms with van der Waals surface area (Å²) in [4.78, 5) is 0. The standard InChI is InChI=1S/C15H28O/c1-2-4-13-5-3-10-15(16,11-8-13)12-9-14-6-7-14/h13-14,16H,2-12H2,1H3. The molecule has 0 bridgehead atoms. The number of hydrogen-bond donors (Lipinski definition) is 1. The third kappa shape index (κ3) is 3.76. The maximum absolute atomic E-state index is 10.6. The Kier molecular flexibility index (Phi) is 4.29. The lowest BCUT2D eigenvalue weighted by molar-refractivity contribution is 0.0122. The highest BCUT2D eigenvalue weighted by Gasteiger charge is 2.32. The molecular formula is C15H28O. The second kappa shape index (κ2) is 5.53. The van der Waals surface area contributed by atoms with Crippen LogP contribution in [0.15, 0.2) is 0 Å². The van der Waals surface area contributed by atoms with Crippen molar-refractivity contribution in [3.05, 3.63) is 0 Å². The number of hydrogen-bond acceptors (Lipinski definition) is 1. The lowest BCUT2D eigenvalue weighted by Gasteiger charge is -2.26. The van der Waals surface area contributed by atoms with E-state index >= 15 is 0 Å². The average molecular weight is 224 g/mol. The van der Waals surface area contributed by atoms with E-state index < -0.39 is 0 Å². The van der Waals surface area contributed by atoms with Gasteiger partial charge in [-0.2, -0.15) is 0 Å². The van der Waals surface area contributed by atoms with Crippen LogP contribution in [0.1, 0.15) is 77.6 Å². The van der Waals surface area contributed by atoms with E-state index in [0.29, 0.717) is 0 Å². The van der Waals surface area contributed by atoms with Crippen LogP contribution in [-0.2, 0) is 0 Å². The Bertz CT molecular complexity index is 209. The zero-order valence-corrected chi connectivity index (χ0v) is 10.9. The van der Waals surface area contributed by atoms with Crippen LogP contribution in [0.3, 0.4) is 0 Å². The molecule has 2 aliphatic rings. The Morgan fingerprint density at radius 1 is 1.00 bits per heavy atom. The lowest BCUT2D eigenvalue weighted by Crippen LogP contribution is -2.27. The smallest absolute Gasteiger partial charge is 0.0648 e. The molecule has 2 fully saturated rings. The van der Waals surface area contributed by atoms with Gasteiger partial charge in [-0.15, -0.1) is 0 Å². The van der Waals surface area contributed by atoms with E-state index in [1.807, 2.05) is 0 Å². The maximum Gasteiger partial charge on any atom is 0.0648 e. The lowest BCUT2D eigenvalue weighted by atomic mass is 9.87. The molecule has 16 heavy (non-hydrogen) atoms. The number of aliphatic hydroxyl groups is 1. The molecule has 1 N–H and O–H groups in total. The monoisotopic (exact) mass is 224 g/mol. The molecule has 0 radical (unpaired) electrons. The summed E-state index contributed by atoms with van der Waals surface area (Å²) >= 11 is 0. The van der Waals surface area contributed by atoms with E-state index in [9.17, 15) is 5.11 Å². The fourth-order valence-corrected chi connectivity index (χ4v) is 3.29. The highest BCUT2D eigenvalue weighted by Crippen LogP contribution is 2.40. The molecule has 0 amide bonds. The molecule has 0 aromatic heterocycles. The van der Waals surface area contributed by atoms with Gasteiger partial charge in [0.15, 0.2) is 0 Å². The average Bonchev–Trinajstić information content (AvgIpc) is 3.06. The largest absolute Gasteiger partial charge is 0.390 e. The van der Waals surface area contributed by atoms with E-state index in [4.69, 9.17) is 0 Å². The highest BCUT2D eigenvalue weighted by molar-refractivity contribution is 4.86. The van der Waals surface area contributed by atoms with Crippen molar-refractivity contribution in [2.75, 3.05) is 0 Å². The van der Waals surface area contributed by atoms with Gasteiger partial charge in [0.05, 0.1) is 5.60 Å². The van der Waals surface area contributed by atoms with E-state index in [0.717, 1.165) is 31.1 Å². The van der Waals surface area contributed by atoms with Gasteiger partial charge in [-0.1, -0.05) is 45.4 Å². The van der Waals surface area contributed by atoms with Crippen LogP contribution in [0.4, 0.5) is 0 Å². The summed E-state index contributed by atoms with van der Waals surface area (Å²) in [6.07, 6.45) is 13.9. The van der Waals surface area contributed by atoms with Gasteiger partial charge in [0.25, 0.3) is 0 Å². The summed E-state index contributed by atoms with van der Waals surface area (Å²) < 4.78 is 0. The first kappa shape index (κ1) is 12.4. The van der Waals surface area contributed by atoms with Gasteiger partial charge in [-0.3, -0.25) is 0 Å². The van der Waals surface area contributed by atoms with Crippen molar-refractivity contribution in [2.24, 2.45) is 11.8 Å². The van der Waals surface area contributed by atoms with Crippen molar-refractivity contribution >= 4 is 0 Å². The predicted molar refractivity (Wildman–Crippen MR) is 68.4 cm³/mol. The van der Waals surface area contributed by atoms with Gasteiger partial charge in [0.2, 0.25) is 0 Å². The molecule has 2 atom stereocenters. The van der Waals surface area contributed by atoms with Crippen molar-refractivity contribution in [2.45, 2.75) is 83.2 Å². The third-order valence-corrected chi connectivity index (χ3v) is 4.68. The summed E-state index contributed by atoms with van der Waals surface area (Å²) in [6.45, 7) is 2.28. The first-order valence-corrected chi connectivity index (χ1v) is 7.44. The van der Waals surface area contributed by atoms with E-state index in [1.54, 1.807) is 0 Å². The van der Waals surface area contributed by atoms with Crippen LogP contribution in [-0.4, -0.2) is 10.7 Å². The summed E-state index contributed by atoms with van der Waals surface area (Å²) in [6, 6.07) is 0. The first-order valence-electron chi connectivity index (χ1n) is 7.44. The summed E-state index contributed by atoms with van der Waals surface area (Å²) in [5.74, 6) is 1.87. The zero-order chi connectivity index (χ0) is 11.4. The fraction of sp³-hybridized carbons (Fsp3) is 1.00. The minimum Gasteiger partial charge on any atom is -0.390 e. The SMILES string of the molecule is CCCC1CCCC(O)(CCC2CC2)CC1. The van der Waals surface area contributed by atoms with Crippen LogP contribution in [0.25, 0.3) is 0 Å². The molecule has 0 aromatic carbocycles. The topological polar surface area (TPSA) is 20.2 Å². The second-order valence-electron chi connectivity index (χ2n) is 6.29. The van der Waals surface area contributed by atoms with Gasteiger partial charge in [-0.05, 0) is 43.9 Å². The van der Waals surface area contributed by atoms with Gasteiger partial charge in [0.1, 0.15) is 0 Å². The Morgan fingerprint density at radius 2 is 1.75 bits per heavy atom. The summed E-state index contributed by atoms with van der Waals surface area (Å²) in [7, 11) is 0. The van der Waals surface area contributed by atoms with Gasteiger partial charge in [-0.25, -0.2) is 0 Å². The molecule has 2 aliphatic carbocycles. The summed E-state index contributed by atoms with van der Waals surface area (Å²) in [5.41, 5.74) is -0.287. The molecular weight excluding hydrogens is 196 g/mol. The maximum atomic E-state index is 10.6. The molecule has 94 valence electrons. The van der Waals surface area contributed by atoms with Crippen molar-refractivity contribution in [3.63, 3.8) is 0 Å². The fourth-order valence-electron chi connectivity index (χ4n) is 3.29. The van der Waals surface area contributed by atoms with Gasteiger partial charge < -0.3 is 5.11 Å². The summed E-state index contributed by atoms with van der Waals surface area (Å²) in [5, 5.41) is 10.6. The van der Waals surface area contributed by atoms with Crippen LogP contribution in [0.2, 0.25) is 0 Å². The van der Waals surface area contributed by atoms with Crippen molar-refractivity contribution in [3.8, 4) is 0 Å². The van der Waals surface area contributed by atoms with Crippen molar-refractivity contribution < 1.29 is 5.11 Å². The molecule has 0 aromatic rings. The molecule has 1 heteroatoms. The molecule has 0 saturated heterocycles. The minimum atomic E-state index is -0.287.